The van der Waals surface area contributed by atoms with E-state index >= 15 is 0 Å². The van der Waals surface area contributed by atoms with E-state index in [9.17, 15) is 8.42 Å². The lowest BCUT2D eigenvalue weighted by molar-refractivity contribution is 0.139. The predicted molar refractivity (Wildman–Crippen MR) is 47.9 cm³/mol. The number of rotatable bonds is 0. The fraction of sp³-hybridized carbons (Fsp3) is 1.00. The Hall–Kier alpha value is -0.0900. The van der Waals surface area contributed by atoms with Crippen molar-refractivity contribution in [3.05, 3.63) is 0 Å². The first kappa shape index (κ1) is 8.24. The third kappa shape index (κ3) is 0.907. The van der Waals surface area contributed by atoms with E-state index in [0.717, 1.165) is 19.3 Å². The van der Waals surface area contributed by atoms with Crippen LogP contribution in [0.3, 0.4) is 0 Å². The Morgan fingerprint density at radius 1 is 1.38 bits per heavy atom. The van der Waals surface area contributed by atoms with Gasteiger partial charge in [0, 0.05) is 5.92 Å². The molecule has 0 aromatic heterocycles. The molecule has 3 unspecified atom stereocenters. The smallest absolute Gasteiger partial charge is 0.188 e. The van der Waals surface area contributed by atoms with Gasteiger partial charge in [0.05, 0.1) is 5.75 Å². The van der Waals surface area contributed by atoms with E-state index in [1.54, 1.807) is 0 Å². The molecule has 0 aromatic carbocycles. The van der Waals surface area contributed by atoms with Gasteiger partial charge in [0.1, 0.15) is 5.60 Å². The minimum absolute atomic E-state index is 0.226. The summed E-state index contributed by atoms with van der Waals surface area (Å²) in [5, 5.41) is 0. The first-order valence-electron chi connectivity index (χ1n) is 4.94. The van der Waals surface area contributed by atoms with Crippen molar-refractivity contribution in [2.24, 2.45) is 11.8 Å². The molecule has 74 valence electrons. The van der Waals surface area contributed by atoms with Gasteiger partial charge in [0.2, 0.25) is 0 Å². The summed E-state index contributed by atoms with van der Waals surface area (Å²) in [6.07, 6.45) is 3.16. The molecular weight excluding hydrogens is 188 g/mol. The van der Waals surface area contributed by atoms with Crippen LogP contribution in [-0.4, -0.2) is 25.2 Å². The third-order valence-electron chi connectivity index (χ3n) is 3.79. The van der Waals surface area contributed by atoms with Crippen molar-refractivity contribution in [3.63, 3.8) is 0 Å². The zero-order chi connectivity index (χ0) is 9.27. The maximum absolute atomic E-state index is 11.5. The van der Waals surface area contributed by atoms with Crippen LogP contribution >= 0.6 is 0 Å². The number of epoxide rings is 1. The standard InChI is InChI=1S/C9H14O3S/c1-6-2-3-7-5-13(10,11)8-9(7,4-6)12-8/h6-8H,2-5H2,1H3/t6?,7?,8?,9-/m0/s1. The fourth-order valence-corrected chi connectivity index (χ4v) is 5.52. The summed E-state index contributed by atoms with van der Waals surface area (Å²) in [5.41, 5.74) is -0.649. The Bertz CT molecular complexity index is 348. The van der Waals surface area contributed by atoms with Gasteiger partial charge < -0.3 is 4.74 Å². The van der Waals surface area contributed by atoms with Gasteiger partial charge in [-0.05, 0) is 18.8 Å². The van der Waals surface area contributed by atoms with Crippen LogP contribution in [0, 0.1) is 11.8 Å². The maximum atomic E-state index is 11.5. The van der Waals surface area contributed by atoms with Crippen LogP contribution < -0.4 is 0 Å². The molecule has 2 heterocycles. The third-order valence-corrected chi connectivity index (χ3v) is 5.81. The molecule has 4 heteroatoms. The summed E-state index contributed by atoms with van der Waals surface area (Å²) in [4.78, 5) is 0. The molecule has 13 heavy (non-hydrogen) atoms. The highest BCUT2D eigenvalue weighted by molar-refractivity contribution is 7.92. The molecule has 1 aliphatic carbocycles. The Morgan fingerprint density at radius 3 is 2.85 bits per heavy atom. The minimum atomic E-state index is -2.89. The topological polar surface area (TPSA) is 46.7 Å². The molecule has 0 bridgehead atoms. The van der Waals surface area contributed by atoms with E-state index in [2.05, 4.69) is 6.92 Å². The van der Waals surface area contributed by atoms with E-state index in [-0.39, 0.29) is 5.60 Å². The van der Waals surface area contributed by atoms with Crippen molar-refractivity contribution < 1.29 is 13.2 Å². The first-order chi connectivity index (χ1) is 6.05. The average Bonchev–Trinajstić information content (AvgIpc) is 2.68. The number of ether oxygens (including phenoxy) is 1. The van der Waals surface area contributed by atoms with Gasteiger partial charge in [-0.2, -0.15) is 0 Å². The van der Waals surface area contributed by atoms with Gasteiger partial charge in [0.25, 0.3) is 0 Å². The molecule has 0 N–H and O–H groups in total. The fourth-order valence-electron chi connectivity index (χ4n) is 3.11. The van der Waals surface area contributed by atoms with Crippen molar-refractivity contribution in [2.45, 2.75) is 37.2 Å². The monoisotopic (exact) mass is 202 g/mol. The Kier molecular flexibility index (Phi) is 1.34. The van der Waals surface area contributed by atoms with E-state index in [1.807, 2.05) is 0 Å². The van der Waals surface area contributed by atoms with Crippen LogP contribution in [0.2, 0.25) is 0 Å². The zero-order valence-corrected chi connectivity index (χ0v) is 8.51. The van der Waals surface area contributed by atoms with Crippen molar-refractivity contribution in [2.75, 3.05) is 5.75 Å². The Balaban J connectivity index is 1.97. The molecule has 3 aliphatic rings. The molecule has 2 aliphatic heterocycles. The summed E-state index contributed by atoms with van der Waals surface area (Å²) in [6.45, 7) is 2.19. The second-order valence-corrected chi connectivity index (χ2v) is 6.91. The highest BCUT2D eigenvalue weighted by Gasteiger charge is 2.73. The molecule has 0 radical (unpaired) electrons. The molecule has 1 spiro atoms. The van der Waals surface area contributed by atoms with Crippen LogP contribution in [0.25, 0.3) is 0 Å². The van der Waals surface area contributed by atoms with E-state index in [0.29, 0.717) is 17.6 Å². The van der Waals surface area contributed by atoms with Gasteiger partial charge >= 0.3 is 0 Å². The van der Waals surface area contributed by atoms with Crippen molar-refractivity contribution in [1.29, 1.82) is 0 Å². The van der Waals surface area contributed by atoms with Crippen molar-refractivity contribution >= 4 is 9.84 Å². The van der Waals surface area contributed by atoms with Crippen LogP contribution in [0.1, 0.15) is 26.2 Å². The van der Waals surface area contributed by atoms with Crippen LogP contribution in [0.5, 0.6) is 0 Å². The summed E-state index contributed by atoms with van der Waals surface area (Å²) < 4.78 is 28.5. The predicted octanol–water partition coefficient (Wildman–Crippen LogP) is 0.946. The molecule has 3 rings (SSSR count). The van der Waals surface area contributed by atoms with Gasteiger partial charge in [-0.25, -0.2) is 8.42 Å². The van der Waals surface area contributed by atoms with Gasteiger partial charge in [-0.15, -0.1) is 0 Å². The second kappa shape index (κ2) is 2.11. The first-order valence-corrected chi connectivity index (χ1v) is 6.65. The molecule has 1 saturated carbocycles. The molecule has 3 nitrogen and oxygen atoms in total. The summed E-state index contributed by atoms with van der Waals surface area (Å²) in [5.74, 6) is 1.32. The highest BCUT2D eigenvalue weighted by atomic mass is 32.2. The molecule has 3 fully saturated rings. The Morgan fingerprint density at radius 2 is 2.15 bits per heavy atom. The lowest BCUT2D eigenvalue weighted by atomic mass is 9.76. The van der Waals surface area contributed by atoms with Crippen molar-refractivity contribution in [1.82, 2.24) is 0 Å². The number of sulfone groups is 1. The van der Waals surface area contributed by atoms with E-state index in [1.165, 1.54) is 0 Å². The summed E-state index contributed by atoms with van der Waals surface area (Å²) in [7, 11) is -2.89. The summed E-state index contributed by atoms with van der Waals surface area (Å²) in [6, 6.07) is 0. The Labute approximate surface area is 78.4 Å². The van der Waals surface area contributed by atoms with E-state index in [4.69, 9.17) is 4.74 Å². The van der Waals surface area contributed by atoms with Gasteiger partial charge in [-0.3, -0.25) is 0 Å². The molecule has 2 saturated heterocycles. The molecule has 4 atom stereocenters. The quantitative estimate of drug-likeness (QED) is 0.549. The van der Waals surface area contributed by atoms with Crippen molar-refractivity contribution in [3.8, 4) is 0 Å². The van der Waals surface area contributed by atoms with Crippen LogP contribution in [0.15, 0.2) is 0 Å². The normalized spacial score (nSPS) is 56.8. The molecular formula is C9H14O3S. The van der Waals surface area contributed by atoms with Gasteiger partial charge in [0.15, 0.2) is 15.3 Å². The average molecular weight is 202 g/mol. The zero-order valence-electron chi connectivity index (χ0n) is 7.69. The number of hydrogen-bond acceptors (Lipinski definition) is 3. The SMILES string of the molecule is CC1CCC2CS(=O)(=O)C3O[C@@]23C1. The van der Waals surface area contributed by atoms with E-state index < -0.39 is 15.3 Å². The van der Waals surface area contributed by atoms with Crippen LogP contribution in [0.4, 0.5) is 0 Å². The number of hydrogen-bond donors (Lipinski definition) is 0. The lowest BCUT2D eigenvalue weighted by Gasteiger charge is -2.28. The highest BCUT2D eigenvalue weighted by Crippen LogP contribution is 2.60. The minimum Gasteiger partial charge on any atom is -0.349 e. The second-order valence-electron chi connectivity index (χ2n) is 4.82. The summed E-state index contributed by atoms with van der Waals surface area (Å²) >= 11 is 0. The molecule has 0 aromatic rings. The maximum Gasteiger partial charge on any atom is 0.188 e. The molecule has 0 amide bonds. The lowest BCUT2D eigenvalue weighted by Crippen LogP contribution is -2.31. The van der Waals surface area contributed by atoms with Gasteiger partial charge in [-0.1, -0.05) is 13.3 Å². The largest absolute Gasteiger partial charge is 0.349 e. The van der Waals surface area contributed by atoms with Crippen LogP contribution in [-0.2, 0) is 14.6 Å².